The highest BCUT2D eigenvalue weighted by Crippen LogP contribution is 2.32. The van der Waals surface area contributed by atoms with Gasteiger partial charge in [-0.1, -0.05) is 25.8 Å². The summed E-state index contributed by atoms with van der Waals surface area (Å²) in [6.45, 7) is 7.74. The van der Waals surface area contributed by atoms with Gasteiger partial charge in [0.15, 0.2) is 0 Å². The predicted molar refractivity (Wildman–Crippen MR) is 99.8 cm³/mol. The van der Waals surface area contributed by atoms with E-state index in [2.05, 4.69) is 11.9 Å². The van der Waals surface area contributed by atoms with E-state index in [9.17, 15) is 4.79 Å². The van der Waals surface area contributed by atoms with Gasteiger partial charge in [0, 0.05) is 12.2 Å². The molecule has 2 aromatic rings. The molecule has 0 aliphatic rings. The first-order valence-electron chi connectivity index (χ1n) is 8.55. The molecular formula is C19H25NO4S. The fourth-order valence-electron chi connectivity index (χ4n) is 2.43. The van der Waals surface area contributed by atoms with Gasteiger partial charge in [0.1, 0.15) is 11.6 Å². The summed E-state index contributed by atoms with van der Waals surface area (Å²) < 4.78 is 11.3. The molecule has 1 heterocycles. The van der Waals surface area contributed by atoms with E-state index >= 15 is 0 Å². The number of hydrogen-bond donors (Lipinski definition) is 1. The van der Waals surface area contributed by atoms with Crippen LogP contribution in [0.25, 0.3) is 10.6 Å². The molecule has 0 radical (unpaired) electrons. The Labute approximate surface area is 152 Å². The minimum absolute atomic E-state index is 0.314. The summed E-state index contributed by atoms with van der Waals surface area (Å²) in [5, 5.41) is 9.95. The average Bonchev–Trinajstić information content (AvgIpc) is 2.94. The standard InChI is InChI=1S/C19H25NO4S/c1-4-5-6-9-23-10-11-24-17-14(3)25-18(20-17)15-7-8-16(19(21)22)13(2)12-15/h7-8,12H,4-6,9-11H2,1-3H3,(H,21,22). The van der Waals surface area contributed by atoms with Crippen molar-refractivity contribution in [3.05, 3.63) is 34.2 Å². The first-order chi connectivity index (χ1) is 12.0. The Hall–Kier alpha value is -1.92. The van der Waals surface area contributed by atoms with Gasteiger partial charge in [-0.25, -0.2) is 9.78 Å². The van der Waals surface area contributed by atoms with Crippen molar-refractivity contribution in [2.24, 2.45) is 0 Å². The third-order valence-electron chi connectivity index (χ3n) is 3.82. The number of carbonyl (C=O) groups is 1. The second-order valence-electron chi connectivity index (χ2n) is 5.88. The second kappa shape index (κ2) is 9.53. The number of unbranched alkanes of at least 4 members (excludes halogenated alkanes) is 2. The molecule has 0 saturated carbocycles. The highest BCUT2D eigenvalue weighted by molar-refractivity contribution is 7.15. The van der Waals surface area contributed by atoms with Gasteiger partial charge in [0.25, 0.3) is 0 Å². The van der Waals surface area contributed by atoms with E-state index in [1.807, 2.05) is 13.0 Å². The van der Waals surface area contributed by atoms with Gasteiger partial charge in [-0.05, 0) is 38.0 Å². The molecule has 1 N–H and O–H groups in total. The van der Waals surface area contributed by atoms with Crippen LogP contribution < -0.4 is 4.74 Å². The fourth-order valence-corrected chi connectivity index (χ4v) is 3.29. The number of rotatable bonds is 10. The maximum Gasteiger partial charge on any atom is 0.335 e. The third kappa shape index (κ3) is 5.54. The van der Waals surface area contributed by atoms with E-state index in [0.717, 1.165) is 34.0 Å². The van der Waals surface area contributed by atoms with Crippen molar-refractivity contribution in [1.82, 2.24) is 4.98 Å². The number of benzene rings is 1. The lowest BCUT2D eigenvalue weighted by Crippen LogP contribution is -2.08. The Morgan fingerprint density at radius 2 is 2.00 bits per heavy atom. The summed E-state index contributed by atoms with van der Waals surface area (Å²) in [5.41, 5.74) is 1.94. The van der Waals surface area contributed by atoms with E-state index in [1.54, 1.807) is 30.4 Å². The molecule has 0 spiro atoms. The highest BCUT2D eigenvalue weighted by Gasteiger charge is 2.13. The van der Waals surface area contributed by atoms with Crippen LogP contribution in [0.4, 0.5) is 0 Å². The quantitative estimate of drug-likeness (QED) is 0.619. The SMILES string of the molecule is CCCCCOCCOc1nc(-c2ccc(C(=O)O)c(C)c2)sc1C. The lowest BCUT2D eigenvalue weighted by molar-refractivity contribution is 0.0696. The molecule has 0 bridgehead atoms. The number of carboxylic acids is 1. The molecule has 25 heavy (non-hydrogen) atoms. The molecule has 0 amide bonds. The average molecular weight is 363 g/mol. The molecule has 0 saturated heterocycles. The molecule has 5 nitrogen and oxygen atoms in total. The maximum absolute atomic E-state index is 11.1. The third-order valence-corrected chi connectivity index (χ3v) is 4.82. The molecule has 0 atom stereocenters. The van der Waals surface area contributed by atoms with Crippen LogP contribution in [0.5, 0.6) is 5.88 Å². The smallest absolute Gasteiger partial charge is 0.335 e. The zero-order chi connectivity index (χ0) is 18.2. The van der Waals surface area contributed by atoms with Crippen LogP contribution in [0.2, 0.25) is 0 Å². The summed E-state index contributed by atoms with van der Waals surface area (Å²) in [5.74, 6) is -0.292. The molecule has 136 valence electrons. The molecule has 1 aromatic carbocycles. The minimum atomic E-state index is -0.915. The molecule has 0 aliphatic heterocycles. The van der Waals surface area contributed by atoms with Crippen molar-refractivity contribution in [3.8, 4) is 16.5 Å². The summed E-state index contributed by atoms with van der Waals surface area (Å²) >= 11 is 1.54. The van der Waals surface area contributed by atoms with Crippen LogP contribution in [-0.4, -0.2) is 35.9 Å². The van der Waals surface area contributed by atoms with Gasteiger partial charge in [-0.15, -0.1) is 11.3 Å². The van der Waals surface area contributed by atoms with Gasteiger partial charge >= 0.3 is 5.97 Å². The number of carboxylic acid groups (broad SMARTS) is 1. The molecular weight excluding hydrogens is 338 g/mol. The maximum atomic E-state index is 11.1. The summed E-state index contributed by atoms with van der Waals surface area (Å²) in [6.07, 6.45) is 3.46. The lowest BCUT2D eigenvalue weighted by atomic mass is 10.1. The van der Waals surface area contributed by atoms with Crippen LogP contribution >= 0.6 is 11.3 Å². The van der Waals surface area contributed by atoms with Crippen molar-refractivity contribution in [2.45, 2.75) is 40.0 Å². The zero-order valence-electron chi connectivity index (χ0n) is 15.0. The van der Waals surface area contributed by atoms with Gasteiger partial charge in [0.2, 0.25) is 5.88 Å². The molecule has 0 fully saturated rings. The number of hydrogen-bond acceptors (Lipinski definition) is 5. The Kier molecular flexibility index (Phi) is 7.40. The Balaban J connectivity index is 1.93. The normalized spacial score (nSPS) is 10.8. The number of ether oxygens (including phenoxy) is 2. The number of aryl methyl sites for hydroxylation is 2. The predicted octanol–water partition coefficient (Wildman–Crippen LogP) is 4.71. The van der Waals surface area contributed by atoms with Gasteiger partial charge < -0.3 is 14.6 Å². The van der Waals surface area contributed by atoms with Crippen LogP contribution in [0, 0.1) is 13.8 Å². The van der Waals surface area contributed by atoms with Gasteiger partial charge in [-0.3, -0.25) is 0 Å². The Bertz CT molecular complexity index is 711. The monoisotopic (exact) mass is 363 g/mol. The van der Waals surface area contributed by atoms with Crippen LogP contribution in [0.15, 0.2) is 18.2 Å². The molecule has 0 aliphatic carbocycles. The van der Waals surface area contributed by atoms with E-state index in [4.69, 9.17) is 14.6 Å². The largest absolute Gasteiger partial charge is 0.478 e. The number of nitrogens with zero attached hydrogens (tertiary/aromatic N) is 1. The van der Waals surface area contributed by atoms with Gasteiger partial charge in [-0.2, -0.15) is 0 Å². The topological polar surface area (TPSA) is 68.7 Å². The Morgan fingerprint density at radius 1 is 1.20 bits per heavy atom. The van der Waals surface area contributed by atoms with Gasteiger partial charge in [0.05, 0.1) is 17.0 Å². The van der Waals surface area contributed by atoms with Crippen molar-refractivity contribution in [2.75, 3.05) is 19.8 Å². The zero-order valence-corrected chi connectivity index (χ0v) is 15.8. The number of thiazole rings is 1. The highest BCUT2D eigenvalue weighted by atomic mass is 32.1. The van der Waals surface area contributed by atoms with E-state index < -0.39 is 5.97 Å². The van der Waals surface area contributed by atoms with E-state index in [-0.39, 0.29) is 0 Å². The molecule has 0 unspecified atom stereocenters. The minimum Gasteiger partial charge on any atom is -0.478 e. The summed E-state index contributed by atoms with van der Waals surface area (Å²) in [7, 11) is 0. The Morgan fingerprint density at radius 3 is 2.68 bits per heavy atom. The lowest BCUT2D eigenvalue weighted by Gasteiger charge is -2.05. The van der Waals surface area contributed by atoms with Crippen molar-refractivity contribution in [3.63, 3.8) is 0 Å². The van der Waals surface area contributed by atoms with Crippen molar-refractivity contribution in [1.29, 1.82) is 0 Å². The first kappa shape index (κ1) is 19.4. The van der Waals surface area contributed by atoms with E-state index in [1.165, 1.54) is 12.8 Å². The van der Waals surface area contributed by atoms with Crippen LogP contribution in [0.1, 0.15) is 47.0 Å². The van der Waals surface area contributed by atoms with E-state index in [0.29, 0.717) is 24.7 Å². The number of aromatic nitrogens is 1. The van der Waals surface area contributed by atoms with Crippen molar-refractivity contribution >= 4 is 17.3 Å². The fraction of sp³-hybridized carbons (Fsp3) is 0.474. The van der Waals surface area contributed by atoms with Crippen molar-refractivity contribution < 1.29 is 19.4 Å². The first-order valence-corrected chi connectivity index (χ1v) is 9.36. The second-order valence-corrected chi connectivity index (χ2v) is 7.09. The summed E-state index contributed by atoms with van der Waals surface area (Å²) in [4.78, 5) is 16.6. The molecule has 2 rings (SSSR count). The molecule has 6 heteroatoms. The summed E-state index contributed by atoms with van der Waals surface area (Å²) in [6, 6.07) is 5.26. The van der Waals surface area contributed by atoms with Crippen LogP contribution in [0.3, 0.4) is 0 Å². The molecule has 1 aromatic heterocycles. The number of aromatic carboxylic acids is 1. The van der Waals surface area contributed by atoms with Crippen LogP contribution in [-0.2, 0) is 4.74 Å².